The van der Waals surface area contributed by atoms with Crippen LogP contribution < -0.4 is 5.32 Å². The molecular formula is C14H25NO. The molecule has 0 aromatic heterocycles. The Morgan fingerprint density at radius 1 is 1.31 bits per heavy atom. The number of nitrogens with one attached hydrogen (secondary N) is 1. The monoisotopic (exact) mass is 223 g/mol. The van der Waals surface area contributed by atoms with Crippen molar-refractivity contribution in [1.29, 1.82) is 0 Å². The lowest BCUT2D eigenvalue weighted by Gasteiger charge is -2.47. The summed E-state index contributed by atoms with van der Waals surface area (Å²) in [4.78, 5) is 12.0. The normalized spacial score (nSPS) is 37.7. The summed E-state index contributed by atoms with van der Waals surface area (Å²) in [5, 5.41) is 3.36. The van der Waals surface area contributed by atoms with Crippen molar-refractivity contribution in [3.63, 3.8) is 0 Å². The van der Waals surface area contributed by atoms with Gasteiger partial charge in [-0.2, -0.15) is 0 Å². The first-order valence-corrected chi connectivity index (χ1v) is 6.88. The number of rotatable bonds is 2. The van der Waals surface area contributed by atoms with Gasteiger partial charge in [0, 0.05) is 16.9 Å². The minimum Gasteiger partial charge on any atom is -0.350 e. The standard InChI is InChI=1S/C14H25NO/c1-4-8-13(3)11(2)12(16)15-14(13)9-6-5-7-10-14/h11H,4-10H2,1-3H3,(H,15,16). The molecule has 1 N–H and O–H groups in total. The molecule has 1 amide bonds. The molecule has 1 aliphatic carbocycles. The van der Waals surface area contributed by atoms with Crippen molar-refractivity contribution in [2.24, 2.45) is 11.3 Å². The summed E-state index contributed by atoms with van der Waals surface area (Å²) < 4.78 is 0. The van der Waals surface area contributed by atoms with Crippen LogP contribution in [0.5, 0.6) is 0 Å². The summed E-state index contributed by atoms with van der Waals surface area (Å²) in [6.07, 6.45) is 8.65. The molecule has 1 saturated heterocycles. The molecule has 92 valence electrons. The molecule has 1 heterocycles. The summed E-state index contributed by atoms with van der Waals surface area (Å²) in [6.45, 7) is 6.69. The predicted molar refractivity (Wildman–Crippen MR) is 66.1 cm³/mol. The average Bonchev–Trinajstić information content (AvgIpc) is 2.44. The van der Waals surface area contributed by atoms with E-state index in [1.165, 1.54) is 44.9 Å². The van der Waals surface area contributed by atoms with E-state index < -0.39 is 0 Å². The smallest absolute Gasteiger partial charge is 0.223 e. The Morgan fingerprint density at radius 2 is 1.94 bits per heavy atom. The number of carbonyl (C=O) groups is 1. The second-order valence-electron chi connectivity index (χ2n) is 6.02. The van der Waals surface area contributed by atoms with E-state index in [0.29, 0.717) is 0 Å². The van der Waals surface area contributed by atoms with Gasteiger partial charge in [0.25, 0.3) is 0 Å². The Morgan fingerprint density at radius 3 is 2.50 bits per heavy atom. The topological polar surface area (TPSA) is 29.1 Å². The third kappa shape index (κ3) is 1.49. The molecule has 2 fully saturated rings. The molecule has 2 heteroatoms. The van der Waals surface area contributed by atoms with Crippen LogP contribution >= 0.6 is 0 Å². The zero-order chi connectivity index (χ0) is 11.8. The molecule has 0 radical (unpaired) electrons. The van der Waals surface area contributed by atoms with Gasteiger partial charge in [-0.25, -0.2) is 0 Å². The first kappa shape index (κ1) is 11.9. The van der Waals surface area contributed by atoms with Crippen LogP contribution in [0.15, 0.2) is 0 Å². The van der Waals surface area contributed by atoms with E-state index in [-0.39, 0.29) is 22.8 Å². The molecule has 2 unspecified atom stereocenters. The summed E-state index contributed by atoms with van der Waals surface area (Å²) >= 11 is 0. The fraction of sp³-hybridized carbons (Fsp3) is 0.929. The molecule has 1 aliphatic heterocycles. The fourth-order valence-corrected chi connectivity index (χ4v) is 4.02. The Labute approximate surface area is 99.2 Å². The highest BCUT2D eigenvalue weighted by atomic mass is 16.2. The molecule has 1 spiro atoms. The van der Waals surface area contributed by atoms with Gasteiger partial charge in [0.15, 0.2) is 0 Å². The number of amides is 1. The maximum absolute atomic E-state index is 12.0. The maximum atomic E-state index is 12.0. The molecular weight excluding hydrogens is 198 g/mol. The molecule has 1 saturated carbocycles. The lowest BCUT2D eigenvalue weighted by atomic mass is 9.59. The molecule has 0 aromatic carbocycles. The van der Waals surface area contributed by atoms with E-state index >= 15 is 0 Å². The molecule has 16 heavy (non-hydrogen) atoms. The van der Waals surface area contributed by atoms with Gasteiger partial charge in [0.1, 0.15) is 0 Å². The van der Waals surface area contributed by atoms with Gasteiger partial charge in [-0.3, -0.25) is 4.79 Å². The van der Waals surface area contributed by atoms with Crippen LogP contribution in [-0.4, -0.2) is 11.4 Å². The number of hydrogen-bond acceptors (Lipinski definition) is 1. The highest BCUT2D eigenvalue weighted by molar-refractivity contribution is 5.83. The molecule has 2 atom stereocenters. The average molecular weight is 223 g/mol. The van der Waals surface area contributed by atoms with Gasteiger partial charge >= 0.3 is 0 Å². The van der Waals surface area contributed by atoms with Crippen molar-refractivity contribution in [2.75, 3.05) is 0 Å². The number of carbonyl (C=O) groups excluding carboxylic acids is 1. The summed E-state index contributed by atoms with van der Waals surface area (Å²) in [7, 11) is 0. The van der Waals surface area contributed by atoms with Crippen LogP contribution in [-0.2, 0) is 4.79 Å². The van der Waals surface area contributed by atoms with Crippen molar-refractivity contribution in [3.05, 3.63) is 0 Å². The molecule has 2 nitrogen and oxygen atoms in total. The summed E-state index contributed by atoms with van der Waals surface area (Å²) in [5.74, 6) is 0.475. The minimum atomic E-state index is 0.123. The Balaban J connectivity index is 2.31. The van der Waals surface area contributed by atoms with Crippen molar-refractivity contribution in [3.8, 4) is 0 Å². The molecule has 0 bridgehead atoms. The summed E-state index contributed by atoms with van der Waals surface area (Å²) in [6, 6.07) is 0. The van der Waals surface area contributed by atoms with Crippen molar-refractivity contribution in [2.45, 2.75) is 71.3 Å². The van der Waals surface area contributed by atoms with Crippen LogP contribution in [0.3, 0.4) is 0 Å². The third-order valence-corrected chi connectivity index (χ3v) is 5.28. The van der Waals surface area contributed by atoms with Crippen LogP contribution in [0.25, 0.3) is 0 Å². The Hall–Kier alpha value is -0.530. The van der Waals surface area contributed by atoms with Gasteiger partial charge < -0.3 is 5.32 Å². The molecule has 2 rings (SSSR count). The molecule has 2 aliphatic rings. The van der Waals surface area contributed by atoms with Gasteiger partial charge in [0.2, 0.25) is 5.91 Å². The van der Waals surface area contributed by atoms with Crippen molar-refractivity contribution < 1.29 is 4.79 Å². The van der Waals surface area contributed by atoms with E-state index in [9.17, 15) is 4.79 Å². The van der Waals surface area contributed by atoms with Crippen LogP contribution in [0, 0.1) is 11.3 Å². The van der Waals surface area contributed by atoms with E-state index in [1.54, 1.807) is 0 Å². The summed E-state index contributed by atoms with van der Waals surface area (Å²) in [5.41, 5.74) is 0.303. The SMILES string of the molecule is CCCC1(C)C(C)C(=O)NC12CCCCC2. The first-order chi connectivity index (χ1) is 7.56. The van der Waals surface area contributed by atoms with Gasteiger partial charge in [-0.1, -0.05) is 46.5 Å². The van der Waals surface area contributed by atoms with E-state index in [4.69, 9.17) is 0 Å². The van der Waals surface area contributed by atoms with Gasteiger partial charge in [-0.15, -0.1) is 0 Å². The minimum absolute atomic E-state index is 0.123. The quantitative estimate of drug-likeness (QED) is 0.765. The second kappa shape index (κ2) is 4.05. The van der Waals surface area contributed by atoms with Crippen LogP contribution in [0.2, 0.25) is 0 Å². The third-order valence-electron chi connectivity index (χ3n) is 5.28. The van der Waals surface area contributed by atoms with Crippen molar-refractivity contribution in [1.82, 2.24) is 5.32 Å². The van der Waals surface area contributed by atoms with Crippen LogP contribution in [0.4, 0.5) is 0 Å². The first-order valence-electron chi connectivity index (χ1n) is 6.88. The Bertz CT molecular complexity index is 278. The highest BCUT2D eigenvalue weighted by Crippen LogP contribution is 2.53. The van der Waals surface area contributed by atoms with Gasteiger partial charge in [0.05, 0.1) is 0 Å². The Kier molecular flexibility index (Phi) is 3.02. The fourth-order valence-electron chi connectivity index (χ4n) is 4.02. The zero-order valence-electron chi connectivity index (χ0n) is 10.9. The maximum Gasteiger partial charge on any atom is 0.223 e. The molecule has 0 aromatic rings. The highest BCUT2D eigenvalue weighted by Gasteiger charge is 2.58. The number of hydrogen-bond donors (Lipinski definition) is 1. The van der Waals surface area contributed by atoms with Gasteiger partial charge in [-0.05, 0) is 19.3 Å². The van der Waals surface area contributed by atoms with Crippen LogP contribution in [0.1, 0.15) is 65.7 Å². The van der Waals surface area contributed by atoms with Crippen molar-refractivity contribution >= 4 is 5.91 Å². The van der Waals surface area contributed by atoms with E-state index in [1.807, 2.05) is 0 Å². The lowest BCUT2D eigenvalue weighted by molar-refractivity contribution is -0.123. The second-order valence-corrected chi connectivity index (χ2v) is 6.02. The largest absolute Gasteiger partial charge is 0.350 e. The van der Waals surface area contributed by atoms with E-state index in [2.05, 4.69) is 26.1 Å². The zero-order valence-corrected chi connectivity index (χ0v) is 10.9. The van der Waals surface area contributed by atoms with E-state index in [0.717, 1.165) is 0 Å². The lowest BCUT2D eigenvalue weighted by Crippen LogP contribution is -2.53. The predicted octanol–water partition coefficient (Wildman–Crippen LogP) is 3.26.